The fourth-order valence-corrected chi connectivity index (χ4v) is 4.07. The molecule has 8 heteroatoms. The molecule has 0 radical (unpaired) electrons. The normalized spacial score (nSPS) is 14.0. The molecule has 1 saturated carbocycles. The van der Waals surface area contributed by atoms with Gasteiger partial charge < -0.3 is 10.8 Å². The first-order chi connectivity index (χ1) is 16.2. The highest BCUT2D eigenvalue weighted by Crippen LogP contribution is 2.29. The Bertz CT molecular complexity index is 1140. The second kappa shape index (κ2) is 11.0. The number of aromatic nitrogens is 6. The molecule has 3 N–H and O–H groups in total. The molecule has 3 heterocycles. The van der Waals surface area contributed by atoms with E-state index < -0.39 is 0 Å². The lowest BCUT2D eigenvalue weighted by molar-refractivity contribution is 0.306. The monoisotopic (exact) mass is 445 g/mol. The minimum atomic E-state index is 0.0972. The van der Waals surface area contributed by atoms with E-state index in [1.807, 2.05) is 50.2 Å². The maximum absolute atomic E-state index is 7.75. The Morgan fingerprint density at radius 1 is 0.879 bits per heavy atom. The maximum Gasteiger partial charge on any atom is 0.159 e. The van der Waals surface area contributed by atoms with Crippen molar-refractivity contribution in [3.63, 3.8) is 0 Å². The number of nitrogens with two attached hydrogens (primary N) is 1. The first-order valence-corrected chi connectivity index (χ1v) is 11.4. The Balaban J connectivity index is 0.000000601. The van der Waals surface area contributed by atoms with Crippen molar-refractivity contribution in [3.8, 4) is 33.6 Å². The van der Waals surface area contributed by atoms with Crippen LogP contribution in [-0.2, 0) is 7.05 Å². The van der Waals surface area contributed by atoms with Crippen molar-refractivity contribution in [1.29, 1.82) is 0 Å². The van der Waals surface area contributed by atoms with E-state index in [0.717, 1.165) is 33.6 Å². The van der Waals surface area contributed by atoms with Crippen molar-refractivity contribution in [2.24, 2.45) is 12.8 Å². The van der Waals surface area contributed by atoms with Gasteiger partial charge in [0.15, 0.2) is 5.82 Å². The lowest BCUT2D eigenvalue weighted by Gasteiger charge is -2.21. The molecular weight excluding hydrogens is 414 g/mol. The summed E-state index contributed by atoms with van der Waals surface area (Å²) in [5.74, 6) is 0.721. The van der Waals surface area contributed by atoms with Crippen LogP contribution in [0.3, 0.4) is 0 Å². The lowest BCUT2D eigenvalue weighted by Crippen LogP contribution is -2.12. The first-order valence-electron chi connectivity index (χ1n) is 11.4. The molecule has 8 nitrogen and oxygen atoms in total. The zero-order valence-corrected chi connectivity index (χ0v) is 19.0. The molecule has 5 rings (SSSR count). The molecule has 0 amide bonds. The van der Waals surface area contributed by atoms with Crippen molar-refractivity contribution in [3.05, 3.63) is 61.4 Å². The van der Waals surface area contributed by atoms with E-state index in [1.54, 1.807) is 4.68 Å². The average Bonchev–Trinajstić information content (AvgIpc) is 3.55. The van der Waals surface area contributed by atoms with Crippen molar-refractivity contribution >= 4 is 0 Å². The molecule has 1 fully saturated rings. The number of nitrogens with zero attached hydrogens (tertiary/aromatic N) is 6. The second-order valence-corrected chi connectivity index (χ2v) is 8.29. The van der Waals surface area contributed by atoms with Gasteiger partial charge in [-0.1, -0.05) is 37.5 Å². The van der Waals surface area contributed by atoms with E-state index in [9.17, 15) is 0 Å². The second-order valence-electron chi connectivity index (χ2n) is 8.29. The molecular formula is C25H31N7O. The fraction of sp³-hybridized carbons (Fsp3) is 0.360. The first kappa shape index (κ1) is 22.8. The quantitative estimate of drug-likeness (QED) is 0.483. The van der Waals surface area contributed by atoms with Crippen molar-refractivity contribution in [2.45, 2.75) is 38.1 Å². The molecule has 4 aromatic rings. The standard InChI is InChI=1S/C23H24N6.C2H7NO/c1-28-15-20(13-26-28)17-6-5-7-18(10-17)23-24-11-19(12-25-23)21-14-27-29(16-21)22-8-3-2-4-9-22;3-1-2-4/h5-7,10-16,22H,2-4,8-9H2,1H3;4H,1-3H2. The van der Waals surface area contributed by atoms with Gasteiger partial charge in [-0.25, -0.2) is 9.97 Å². The number of rotatable bonds is 5. The molecule has 0 bridgehead atoms. The Labute approximate surface area is 194 Å². The third-order valence-electron chi connectivity index (χ3n) is 5.82. The van der Waals surface area contributed by atoms with Gasteiger partial charge in [-0.2, -0.15) is 10.2 Å². The van der Waals surface area contributed by atoms with Gasteiger partial charge in [-0.05, 0) is 24.5 Å². The van der Waals surface area contributed by atoms with E-state index in [4.69, 9.17) is 10.8 Å². The molecule has 33 heavy (non-hydrogen) atoms. The third-order valence-corrected chi connectivity index (χ3v) is 5.82. The van der Waals surface area contributed by atoms with Crippen LogP contribution in [0.1, 0.15) is 38.1 Å². The lowest BCUT2D eigenvalue weighted by atomic mass is 9.96. The summed E-state index contributed by atoms with van der Waals surface area (Å²) in [6.07, 6.45) is 18.1. The molecule has 0 saturated heterocycles. The van der Waals surface area contributed by atoms with Crippen LogP contribution >= 0.6 is 0 Å². The Hall–Kier alpha value is -3.36. The SMILES string of the molecule is Cn1cc(-c2cccc(-c3ncc(-c4cnn(C5CCCCC5)c4)cn3)c2)cn1.NCCO. The maximum atomic E-state index is 7.75. The summed E-state index contributed by atoms with van der Waals surface area (Å²) in [7, 11) is 1.92. The van der Waals surface area contributed by atoms with Gasteiger partial charge in [0.25, 0.3) is 0 Å². The highest BCUT2D eigenvalue weighted by molar-refractivity contribution is 5.70. The zero-order chi connectivity index (χ0) is 23.0. The van der Waals surface area contributed by atoms with E-state index in [1.165, 1.54) is 32.1 Å². The minimum absolute atomic E-state index is 0.0972. The third kappa shape index (κ3) is 5.71. The summed E-state index contributed by atoms with van der Waals surface area (Å²) >= 11 is 0. The van der Waals surface area contributed by atoms with Gasteiger partial charge in [-0.3, -0.25) is 9.36 Å². The Kier molecular flexibility index (Phi) is 7.59. The van der Waals surface area contributed by atoms with Gasteiger partial charge in [0.2, 0.25) is 0 Å². The molecule has 1 aromatic carbocycles. The topological polar surface area (TPSA) is 108 Å². The molecule has 0 unspecified atom stereocenters. The van der Waals surface area contributed by atoms with Gasteiger partial charge in [0, 0.05) is 60.6 Å². The summed E-state index contributed by atoms with van der Waals surface area (Å²) in [5, 5.41) is 16.6. The highest BCUT2D eigenvalue weighted by Gasteiger charge is 2.16. The van der Waals surface area contributed by atoms with Crippen LogP contribution < -0.4 is 5.73 Å². The van der Waals surface area contributed by atoms with Crippen LogP contribution in [0.2, 0.25) is 0 Å². The number of hydrogen-bond donors (Lipinski definition) is 2. The summed E-state index contributed by atoms with van der Waals surface area (Å²) in [6.45, 7) is 0.472. The molecule has 1 aliphatic rings. The number of aliphatic hydroxyl groups is 1. The summed E-state index contributed by atoms with van der Waals surface area (Å²) in [6, 6.07) is 8.79. The van der Waals surface area contributed by atoms with Gasteiger partial charge >= 0.3 is 0 Å². The van der Waals surface area contributed by atoms with Gasteiger partial charge in [-0.15, -0.1) is 0 Å². The summed E-state index contributed by atoms with van der Waals surface area (Å²) < 4.78 is 3.93. The predicted molar refractivity (Wildman–Crippen MR) is 129 cm³/mol. The number of benzene rings is 1. The van der Waals surface area contributed by atoms with Crippen molar-refractivity contribution in [1.82, 2.24) is 29.5 Å². The fourth-order valence-electron chi connectivity index (χ4n) is 4.07. The molecule has 172 valence electrons. The summed E-state index contributed by atoms with van der Waals surface area (Å²) in [4.78, 5) is 9.24. The van der Waals surface area contributed by atoms with E-state index in [-0.39, 0.29) is 6.61 Å². The van der Waals surface area contributed by atoms with E-state index >= 15 is 0 Å². The molecule has 3 aromatic heterocycles. The van der Waals surface area contributed by atoms with Crippen LogP contribution in [0.5, 0.6) is 0 Å². The van der Waals surface area contributed by atoms with E-state index in [2.05, 4.69) is 43.2 Å². The van der Waals surface area contributed by atoms with Crippen molar-refractivity contribution < 1.29 is 5.11 Å². The predicted octanol–water partition coefficient (Wildman–Crippen LogP) is 3.85. The van der Waals surface area contributed by atoms with Crippen LogP contribution in [-0.4, -0.2) is 47.8 Å². The Morgan fingerprint density at radius 3 is 2.21 bits per heavy atom. The van der Waals surface area contributed by atoms with Crippen LogP contribution in [0, 0.1) is 0 Å². The van der Waals surface area contributed by atoms with Gasteiger partial charge in [0.05, 0.1) is 25.0 Å². The Morgan fingerprint density at radius 2 is 1.55 bits per heavy atom. The molecule has 1 aliphatic carbocycles. The largest absolute Gasteiger partial charge is 0.395 e. The zero-order valence-electron chi connectivity index (χ0n) is 19.0. The number of aliphatic hydroxyl groups excluding tert-OH is 1. The number of hydrogen-bond acceptors (Lipinski definition) is 6. The van der Waals surface area contributed by atoms with Crippen LogP contribution in [0.15, 0.2) is 61.4 Å². The minimum Gasteiger partial charge on any atom is -0.395 e. The molecule has 0 spiro atoms. The molecule has 0 aliphatic heterocycles. The number of aryl methyl sites for hydroxylation is 1. The van der Waals surface area contributed by atoms with Gasteiger partial charge in [0.1, 0.15) is 0 Å². The molecule has 0 atom stereocenters. The smallest absolute Gasteiger partial charge is 0.159 e. The van der Waals surface area contributed by atoms with Crippen molar-refractivity contribution in [2.75, 3.05) is 13.2 Å². The van der Waals surface area contributed by atoms with E-state index in [0.29, 0.717) is 12.6 Å². The highest BCUT2D eigenvalue weighted by atomic mass is 16.3. The van der Waals surface area contributed by atoms with Crippen LogP contribution in [0.25, 0.3) is 33.6 Å². The average molecular weight is 446 g/mol. The van der Waals surface area contributed by atoms with Crippen LogP contribution in [0.4, 0.5) is 0 Å². The summed E-state index contributed by atoms with van der Waals surface area (Å²) in [5.41, 5.74) is 10.0.